The highest BCUT2D eigenvalue weighted by molar-refractivity contribution is 7.99. The highest BCUT2D eigenvalue weighted by Gasteiger charge is 2.27. The molecular weight excluding hydrogens is 140 g/mol. The van der Waals surface area contributed by atoms with Crippen molar-refractivity contribution in [1.82, 2.24) is 0 Å². The topological polar surface area (TPSA) is 0 Å². The first-order valence-corrected chi connectivity index (χ1v) is 5.63. The van der Waals surface area contributed by atoms with Gasteiger partial charge in [0.2, 0.25) is 0 Å². The quantitative estimate of drug-likeness (QED) is 0.519. The van der Waals surface area contributed by atoms with E-state index in [4.69, 9.17) is 0 Å². The molecule has 1 aliphatic carbocycles. The largest absolute Gasteiger partial charge is 0.158 e. The molecule has 1 saturated heterocycles. The summed E-state index contributed by atoms with van der Waals surface area (Å²) in [5.74, 6) is 2.56. The third-order valence-corrected chi connectivity index (χ3v) is 4.46. The second-order valence-electron chi connectivity index (χ2n) is 3.60. The molecule has 1 aliphatic heterocycles. The van der Waals surface area contributed by atoms with E-state index in [1.54, 1.807) is 0 Å². The Morgan fingerprint density at radius 1 is 0.900 bits per heavy atom. The van der Waals surface area contributed by atoms with E-state index in [2.05, 4.69) is 11.8 Å². The SMILES string of the molecule is C1CC[C@H]2SCCC[C@H]2C1. The van der Waals surface area contributed by atoms with Crippen molar-refractivity contribution in [3.05, 3.63) is 0 Å². The first kappa shape index (κ1) is 7.02. The van der Waals surface area contributed by atoms with Crippen LogP contribution >= 0.6 is 11.8 Å². The fraction of sp³-hybridized carbons (Fsp3) is 1.00. The van der Waals surface area contributed by atoms with Crippen LogP contribution in [0.15, 0.2) is 0 Å². The standard InChI is InChI=1S/C9H16S/c1-2-6-9-8(4-1)5-3-7-10-9/h8-9H,1-7H2/t8-,9-/m1/s1. The zero-order valence-electron chi connectivity index (χ0n) is 6.51. The molecule has 0 radical (unpaired) electrons. The molecule has 0 aromatic rings. The van der Waals surface area contributed by atoms with Crippen LogP contribution in [0.5, 0.6) is 0 Å². The van der Waals surface area contributed by atoms with Crippen molar-refractivity contribution < 1.29 is 0 Å². The molecule has 0 aromatic heterocycles. The number of thioether (sulfide) groups is 1. The fourth-order valence-corrected chi connectivity index (χ4v) is 3.82. The minimum atomic E-state index is 1.07. The van der Waals surface area contributed by atoms with Crippen molar-refractivity contribution in [1.29, 1.82) is 0 Å². The third kappa shape index (κ3) is 1.34. The van der Waals surface area contributed by atoms with E-state index in [1.807, 2.05) is 0 Å². The minimum absolute atomic E-state index is 1.07. The Morgan fingerprint density at radius 3 is 2.60 bits per heavy atom. The van der Waals surface area contributed by atoms with Gasteiger partial charge in [0.25, 0.3) is 0 Å². The normalized spacial score (nSPS) is 40.8. The fourth-order valence-electron chi connectivity index (χ4n) is 2.30. The second-order valence-corrected chi connectivity index (χ2v) is 4.94. The van der Waals surface area contributed by atoms with E-state index in [9.17, 15) is 0 Å². The van der Waals surface area contributed by atoms with Gasteiger partial charge in [-0.25, -0.2) is 0 Å². The highest BCUT2D eigenvalue weighted by Crippen LogP contribution is 2.39. The monoisotopic (exact) mass is 156 g/mol. The van der Waals surface area contributed by atoms with Crippen molar-refractivity contribution in [2.24, 2.45) is 5.92 Å². The lowest BCUT2D eigenvalue weighted by Gasteiger charge is -2.34. The summed E-state index contributed by atoms with van der Waals surface area (Å²) in [5, 5.41) is 1.07. The molecule has 2 aliphatic rings. The van der Waals surface area contributed by atoms with Gasteiger partial charge in [0.15, 0.2) is 0 Å². The van der Waals surface area contributed by atoms with Crippen LogP contribution in [0.2, 0.25) is 0 Å². The zero-order valence-corrected chi connectivity index (χ0v) is 7.33. The van der Waals surface area contributed by atoms with Crippen LogP contribution in [0.3, 0.4) is 0 Å². The van der Waals surface area contributed by atoms with Gasteiger partial charge >= 0.3 is 0 Å². The smallest absolute Gasteiger partial charge is 0.00753 e. The van der Waals surface area contributed by atoms with Gasteiger partial charge in [0.05, 0.1) is 0 Å². The van der Waals surface area contributed by atoms with Gasteiger partial charge in [-0.1, -0.05) is 12.8 Å². The average Bonchev–Trinajstić information content (AvgIpc) is 2.05. The summed E-state index contributed by atoms with van der Waals surface area (Å²) in [4.78, 5) is 0. The summed E-state index contributed by atoms with van der Waals surface area (Å²) in [5.41, 5.74) is 0. The Balaban J connectivity index is 1.93. The predicted molar refractivity (Wildman–Crippen MR) is 47.4 cm³/mol. The molecule has 0 nitrogen and oxygen atoms in total. The highest BCUT2D eigenvalue weighted by atomic mass is 32.2. The molecular formula is C9H16S. The maximum absolute atomic E-state index is 2.25. The molecule has 58 valence electrons. The van der Waals surface area contributed by atoms with Gasteiger partial charge in [-0.2, -0.15) is 11.8 Å². The summed E-state index contributed by atoms with van der Waals surface area (Å²) in [6.45, 7) is 0. The van der Waals surface area contributed by atoms with Crippen molar-refractivity contribution in [2.45, 2.75) is 43.8 Å². The van der Waals surface area contributed by atoms with Gasteiger partial charge in [-0.15, -0.1) is 0 Å². The van der Waals surface area contributed by atoms with Crippen molar-refractivity contribution >= 4 is 11.8 Å². The molecule has 1 heterocycles. The summed E-state index contributed by atoms with van der Waals surface area (Å²) >= 11 is 2.25. The third-order valence-electron chi connectivity index (χ3n) is 2.89. The van der Waals surface area contributed by atoms with Crippen LogP contribution in [0.4, 0.5) is 0 Å². The maximum atomic E-state index is 2.25. The molecule has 0 bridgehead atoms. The predicted octanol–water partition coefficient (Wildman–Crippen LogP) is 3.07. The number of rotatable bonds is 0. The molecule has 2 fully saturated rings. The molecule has 0 aromatic carbocycles. The lowest BCUT2D eigenvalue weighted by molar-refractivity contribution is 0.340. The first-order chi connectivity index (χ1) is 4.97. The van der Waals surface area contributed by atoms with Crippen LogP contribution in [0.25, 0.3) is 0 Å². The molecule has 0 N–H and O–H groups in total. The van der Waals surface area contributed by atoms with Crippen molar-refractivity contribution in [3.63, 3.8) is 0 Å². The van der Waals surface area contributed by atoms with Crippen molar-refractivity contribution in [2.75, 3.05) is 5.75 Å². The molecule has 2 atom stereocenters. The van der Waals surface area contributed by atoms with E-state index in [1.165, 1.54) is 44.3 Å². The summed E-state index contributed by atoms with van der Waals surface area (Å²) in [6.07, 6.45) is 9.12. The van der Waals surface area contributed by atoms with E-state index in [-0.39, 0.29) is 0 Å². The first-order valence-electron chi connectivity index (χ1n) is 4.58. The summed E-state index contributed by atoms with van der Waals surface area (Å²) in [6, 6.07) is 0. The number of hydrogen-bond acceptors (Lipinski definition) is 1. The molecule has 0 unspecified atom stereocenters. The number of hydrogen-bond donors (Lipinski definition) is 0. The van der Waals surface area contributed by atoms with Gasteiger partial charge in [0.1, 0.15) is 0 Å². The molecule has 10 heavy (non-hydrogen) atoms. The molecule has 2 rings (SSSR count). The molecule has 0 spiro atoms. The maximum Gasteiger partial charge on any atom is 0.00753 e. The lowest BCUT2D eigenvalue weighted by atomic mass is 9.85. The Kier molecular flexibility index (Phi) is 2.22. The van der Waals surface area contributed by atoms with Gasteiger partial charge in [0, 0.05) is 5.25 Å². The Labute approximate surface area is 67.8 Å². The van der Waals surface area contributed by atoms with Crippen LogP contribution in [-0.2, 0) is 0 Å². The Hall–Kier alpha value is 0.350. The molecule has 0 amide bonds. The van der Waals surface area contributed by atoms with Crippen LogP contribution in [-0.4, -0.2) is 11.0 Å². The van der Waals surface area contributed by atoms with Gasteiger partial charge in [-0.3, -0.25) is 0 Å². The van der Waals surface area contributed by atoms with Crippen LogP contribution in [0.1, 0.15) is 38.5 Å². The van der Waals surface area contributed by atoms with Crippen molar-refractivity contribution in [3.8, 4) is 0 Å². The van der Waals surface area contributed by atoms with E-state index in [0.717, 1.165) is 11.2 Å². The second kappa shape index (κ2) is 3.17. The molecule has 1 heteroatoms. The Morgan fingerprint density at radius 2 is 1.70 bits per heavy atom. The lowest BCUT2D eigenvalue weighted by Crippen LogP contribution is -2.25. The zero-order chi connectivity index (χ0) is 6.81. The van der Waals surface area contributed by atoms with E-state index in [0.29, 0.717) is 0 Å². The van der Waals surface area contributed by atoms with Gasteiger partial charge in [-0.05, 0) is 37.4 Å². The minimum Gasteiger partial charge on any atom is -0.158 e. The Bertz CT molecular complexity index is 85.3. The average molecular weight is 156 g/mol. The number of fused-ring (bicyclic) bond motifs is 1. The van der Waals surface area contributed by atoms with E-state index < -0.39 is 0 Å². The van der Waals surface area contributed by atoms with Gasteiger partial charge < -0.3 is 0 Å². The summed E-state index contributed by atoms with van der Waals surface area (Å²) in [7, 11) is 0. The summed E-state index contributed by atoms with van der Waals surface area (Å²) < 4.78 is 0. The van der Waals surface area contributed by atoms with Crippen LogP contribution < -0.4 is 0 Å². The van der Waals surface area contributed by atoms with E-state index >= 15 is 0 Å². The van der Waals surface area contributed by atoms with Crippen LogP contribution in [0, 0.1) is 5.92 Å². The molecule has 1 saturated carbocycles.